The van der Waals surface area contributed by atoms with E-state index in [1.54, 1.807) is 0 Å². The summed E-state index contributed by atoms with van der Waals surface area (Å²) in [5.74, 6) is 1.21. The van der Waals surface area contributed by atoms with Crippen LogP contribution >= 0.6 is 24.0 Å². The van der Waals surface area contributed by atoms with Crippen molar-refractivity contribution in [3.05, 3.63) is 12.2 Å². The zero-order chi connectivity index (χ0) is 10.2. The van der Waals surface area contributed by atoms with Gasteiger partial charge in [0.25, 0.3) is 0 Å². The van der Waals surface area contributed by atoms with Gasteiger partial charge in [0.05, 0.1) is 0 Å². The molecule has 1 N–H and O–H groups in total. The van der Waals surface area contributed by atoms with Gasteiger partial charge in [0.2, 0.25) is 4.38 Å². The normalized spacial score (nSPS) is 39.0. The van der Waals surface area contributed by atoms with Gasteiger partial charge in [0, 0.05) is 5.92 Å². The summed E-state index contributed by atoms with van der Waals surface area (Å²) < 4.78 is 6.14. The molecule has 0 radical (unpaired) electrons. The molecule has 3 atom stereocenters. The maximum Gasteiger partial charge on any atom is 0.220 e. The van der Waals surface area contributed by atoms with E-state index in [-0.39, 0.29) is 6.10 Å². The minimum Gasteiger partial charge on any atom is -0.472 e. The average Bonchev–Trinajstić information content (AvgIpc) is 2.31. The van der Waals surface area contributed by atoms with Crippen molar-refractivity contribution < 1.29 is 9.84 Å². The summed E-state index contributed by atoms with van der Waals surface area (Å²) in [5, 5.41) is 10.1. The minimum atomic E-state index is -0.724. The second-order valence-corrected chi connectivity index (χ2v) is 5.59. The first-order chi connectivity index (χ1) is 6.66. The van der Waals surface area contributed by atoms with E-state index in [1.165, 1.54) is 11.8 Å². The molecule has 0 amide bonds. The summed E-state index contributed by atoms with van der Waals surface area (Å²) in [5.41, 5.74) is -0.724. The third-order valence-corrected chi connectivity index (χ3v) is 4.02. The van der Waals surface area contributed by atoms with Crippen LogP contribution in [0.15, 0.2) is 12.2 Å². The van der Waals surface area contributed by atoms with E-state index >= 15 is 0 Å². The summed E-state index contributed by atoms with van der Waals surface area (Å²) >= 11 is 6.58. The summed E-state index contributed by atoms with van der Waals surface area (Å²) in [6, 6.07) is 0. The van der Waals surface area contributed by atoms with Crippen LogP contribution in [0.4, 0.5) is 0 Å². The van der Waals surface area contributed by atoms with Crippen LogP contribution in [0.25, 0.3) is 0 Å². The predicted octanol–water partition coefficient (Wildman–Crippen LogP) is 2.12. The molecule has 0 heterocycles. The average molecular weight is 230 g/mol. The molecule has 2 aliphatic rings. The van der Waals surface area contributed by atoms with Crippen molar-refractivity contribution in [3.8, 4) is 0 Å². The van der Waals surface area contributed by atoms with Crippen molar-refractivity contribution in [1.29, 1.82) is 0 Å². The Morgan fingerprint density at radius 3 is 3.00 bits per heavy atom. The quantitative estimate of drug-likeness (QED) is 0.581. The molecule has 0 aromatic rings. The van der Waals surface area contributed by atoms with Gasteiger partial charge in [0.1, 0.15) is 11.7 Å². The van der Waals surface area contributed by atoms with Gasteiger partial charge in [-0.05, 0) is 30.8 Å². The number of hydrogen-bond acceptors (Lipinski definition) is 4. The lowest BCUT2D eigenvalue weighted by molar-refractivity contribution is -0.0366. The summed E-state index contributed by atoms with van der Waals surface area (Å²) in [6.07, 6.45) is 5.69. The van der Waals surface area contributed by atoms with Gasteiger partial charge in [-0.25, -0.2) is 0 Å². The molecule has 14 heavy (non-hydrogen) atoms. The van der Waals surface area contributed by atoms with E-state index in [1.807, 2.05) is 13.0 Å². The van der Waals surface area contributed by atoms with Crippen LogP contribution in [0.3, 0.4) is 0 Å². The molecule has 2 nitrogen and oxygen atoms in total. The fraction of sp³-hybridized carbons (Fsp3) is 0.700. The largest absolute Gasteiger partial charge is 0.472 e. The SMILES string of the molecule is CCSC(=S)O[C@H]1CC[C@H]2C=C[C@]21O. The fourth-order valence-electron chi connectivity index (χ4n) is 2.09. The Labute approximate surface area is 93.7 Å². The highest BCUT2D eigenvalue weighted by atomic mass is 32.2. The highest BCUT2D eigenvalue weighted by Crippen LogP contribution is 2.46. The Morgan fingerprint density at radius 2 is 2.50 bits per heavy atom. The first kappa shape index (κ1) is 10.5. The lowest BCUT2D eigenvalue weighted by atomic mass is 9.79. The minimum absolute atomic E-state index is 0.121. The Kier molecular flexibility index (Phi) is 2.86. The predicted molar refractivity (Wildman–Crippen MR) is 62.4 cm³/mol. The molecular formula is C10H14O2S2. The maximum absolute atomic E-state index is 10.1. The molecule has 2 aliphatic carbocycles. The van der Waals surface area contributed by atoms with Gasteiger partial charge >= 0.3 is 0 Å². The van der Waals surface area contributed by atoms with E-state index in [4.69, 9.17) is 17.0 Å². The molecule has 2 rings (SSSR count). The first-order valence-electron chi connectivity index (χ1n) is 4.92. The van der Waals surface area contributed by atoms with Crippen molar-refractivity contribution in [3.63, 3.8) is 0 Å². The summed E-state index contributed by atoms with van der Waals surface area (Å²) in [4.78, 5) is 0. The highest BCUT2D eigenvalue weighted by molar-refractivity contribution is 8.22. The van der Waals surface area contributed by atoms with Crippen LogP contribution in [0.1, 0.15) is 19.8 Å². The Bertz CT molecular complexity index is 277. The molecule has 0 bridgehead atoms. The van der Waals surface area contributed by atoms with Crippen molar-refractivity contribution in [2.45, 2.75) is 31.5 Å². The Balaban J connectivity index is 1.93. The van der Waals surface area contributed by atoms with Crippen molar-refractivity contribution in [2.75, 3.05) is 5.75 Å². The molecule has 4 heteroatoms. The van der Waals surface area contributed by atoms with Crippen molar-refractivity contribution in [2.24, 2.45) is 5.92 Å². The fourth-order valence-corrected chi connectivity index (χ4v) is 2.98. The Hall–Kier alpha value is -0.0600. The van der Waals surface area contributed by atoms with E-state index in [0.29, 0.717) is 10.3 Å². The van der Waals surface area contributed by atoms with Crippen LogP contribution in [-0.4, -0.2) is 26.9 Å². The van der Waals surface area contributed by atoms with E-state index < -0.39 is 5.60 Å². The number of aliphatic hydroxyl groups is 1. The third-order valence-electron chi connectivity index (χ3n) is 2.95. The number of thioether (sulfide) groups is 1. The summed E-state index contributed by atoms with van der Waals surface area (Å²) in [7, 11) is 0. The molecular weight excluding hydrogens is 216 g/mol. The Morgan fingerprint density at radius 1 is 1.71 bits per heavy atom. The molecule has 1 saturated carbocycles. The zero-order valence-electron chi connectivity index (χ0n) is 8.10. The monoisotopic (exact) mass is 230 g/mol. The topological polar surface area (TPSA) is 29.5 Å². The molecule has 0 aliphatic heterocycles. The van der Waals surface area contributed by atoms with Gasteiger partial charge < -0.3 is 9.84 Å². The van der Waals surface area contributed by atoms with Crippen LogP contribution in [0.2, 0.25) is 0 Å². The molecule has 0 spiro atoms. The number of fused-ring (bicyclic) bond motifs is 1. The second kappa shape index (κ2) is 3.83. The number of rotatable bonds is 2. The molecule has 0 unspecified atom stereocenters. The van der Waals surface area contributed by atoms with Gasteiger partial charge in [-0.15, -0.1) is 0 Å². The standard InChI is InChI=1S/C10H14O2S2/c1-2-14-9(13)12-8-4-3-7-5-6-10(7,8)11/h5-8,11H,2-4H2,1H3/t7-,8-,10-/m0/s1. The van der Waals surface area contributed by atoms with Crippen molar-refractivity contribution >= 4 is 28.4 Å². The molecule has 0 aromatic heterocycles. The zero-order valence-corrected chi connectivity index (χ0v) is 9.74. The number of thiocarbonyl (C=S) groups is 1. The molecule has 0 saturated heterocycles. The lowest BCUT2D eigenvalue weighted by Gasteiger charge is -2.37. The molecule has 78 valence electrons. The van der Waals surface area contributed by atoms with Gasteiger partial charge in [0.15, 0.2) is 0 Å². The van der Waals surface area contributed by atoms with E-state index in [9.17, 15) is 5.11 Å². The first-order valence-corrected chi connectivity index (χ1v) is 6.31. The summed E-state index contributed by atoms with van der Waals surface area (Å²) in [6.45, 7) is 2.04. The lowest BCUT2D eigenvalue weighted by Crippen LogP contribution is -2.47. The third kappa shape index (κ3) is 1.59. The molecule has 1 fully saturated rings. The van der Waals surface area contributed by atoms with Crippen LogP contribution in [-0.2, 0) is 4.74 Å². The second-order valence-electron chi connectivity index (χ2n) is 3.72. The van der Waals surface area contributed by atoms with Gasteiger partial charge in [-0.1, -0.05) is 30.8 Å². The number of ether oxygens (including phenoxy) is 1. The van der Waals surface area contributed by atoms with E-state index in [2.05, 4.69) is 6.08 Å². The van der Waals surface area contributed by atoms with Crippen LogP contribution in [0, 0.1) is 5.92 Å². The number of hydrogen-bond donors (Lipinski definition) is 1. The molecule has 0 aromatic carbocycles. The highest BCUT2D eigenvalue weighted by Gasteiger charge is 2.52. The van der Waals surface area contributed by atoms with Gasteiger partial charge in [-0.3, -0.25) is 0 Å². The van der Waals surface area contributed by atoms with E-state index in [0.717, 1.165) is 18.6 Å². The maximum atomic E-state index is 10.1. The van der Waals surface area contributed by atoms with Crippen LogP contribution < -0.4 is 0 Å². The van der Waals surface area contributed by atoms with Crippen LogP contribution in [0.5, 0.6) is 0 Å². The van der Waals surface area contributed by atoms with Crippen molar-refractivity contribution in [1.82, 2.24) is 0 Å². The smallest absolute Gasteiger partial charge is 0.220 e. The van der Waals surface area contributed by atoms with Gasteiger partial charge in [-0.2, -0.15) is 0 Å².